The fourth-order valence-corrected chi connectivity index (χ4v) is 2.54. The van der Waals surface area contributed by atoms with Gasteiger partial charge in [0.2, 0.25) is 0 Å². The van der Waals surface area contributed by atoms with Crippen molar-refractivity contribution in [1.29, 1.82) is 0 Å². The smallest absolute Gasteiger partial charge is 0.142 e. The molecule has 0 saturated carbocycles. The zero-order valence-corrected chi connectivity index (χ0v) is 14.0. The van der Waals surface area contributed by atoms with Crippen molar-refractivity contribution in [1.82, 2.24) is 0 Å². The van der Waals surface area contributed by atoms with Crippen molar-refractivity contribution in [3.8, 4) is 11.1 Å². The Hall–Kier alpha value is -2.39. The fraction of sp³-hybridized carbons (Fsp3) is 0.0500. The van der Waals surface area contributed by atoms with Crippen molar-refractivity contribution in [2.75, 3.05) is 0 Å². The van der Waals surface area contributed by atoms with Crippen molar-refractivity contribution in [3.63, 3.8) is 0 Å². The number of rotatable bonds is 5. The number of halogens is 1. The molecule has 3 aromatic carbocycles. The van der Waals surface area contributed by atoms with Crippen LogP contribution in [0.3, 0.4) is 0 Å². The van der Waals surface area contributed by atoms with Crippen LogP contribution in [0, 0.1) is 0 Å². The van der Waals surface area contributed by atoms with Gasteiger partial charge in [0.15, 0.2) is 0 Å². The zero-order chi connectivity index (χ0) is 15.9. The number of hydrogen-bond acceptors (Lipinski definition) is 2. The molecule has 0 aliphatic rings. The molecule has 0 amide bonds. The topological polar surface area (TPSA) is 21.6 Å². The van der Waals surface area contributed by atoms with Crippen LogP contribution in [0.5, 0.6) is 0 Å². The van der Waals surface area contributed by atoms with E-state index in [1.54, 1.807) is 0 Å². The standard InChI is InChI=1S/C20H15BrNO/c21-20-9-5-4-8-19(20)14-22-23-15-16-10-12-18(13-11-16)17-6-2-1-3-7-17/h1-13H,15H2. The third-order valence-electron chi connectivity index (χ3n) is 3.40. The van der Waals surface area contributed by atoms with Gasteiger partial charge in [0, 0.05) is 10.0 Å². The van der Waals surface area contributed by atoms with Crippen LogP contribution in [-0.4, -0.2) is 6.21 Å². The Morgan fingerprint density at radius 1 is 0.783 bits per heavy atom. The van der Waals surface area contributed by atoms with E-state index >= 15 is 0 Å². The highest BCUT2D eigenvalue weighted by molar-refractivity contribution is 9.10. The maximum absolute atomic E-state index is 5.32. The van der Waals surface area contributed by atoms with Crippen LogP contribution in [0.15, 0.2) is 88.5 Å². The Bertz CT molecular complexity index is 782. The van der Waals surface area contributed by atoms with Crippen LogP contribution in [0.4, 0.5) is 0 Å². The zero-order valence-electron chi connectivity index (χ0n) is 12.4. The molecule has 0 spiro atoms. The Kier molecular flexibility index (Phi) is 5.22. The summed E-state index contributed by atoms with van der Waals surface area (Å²) in [5.41, 5.74) is 4.34. The van der Waals surface area contributed by atoms with E-state index in [2.05, 4.69) is 63.7 Å². The summed E-state index contributed by atoms with van der Waals surface area (Å²) in [7, 11) is 0. The van der Waals surface area contributed by atoms with E-state index < -0.39 is 0 Å². The molecule has 0 fully saturated rings. The Morgan fingerprint density at radius 2 is 1.43 bits per heavy atom. The lowest BCUT2D eigenvalue weighted by molar-refractivity contribution is 0.132. The number of nitrogens with zero attached hydrogens (tertiary/aromatic N) is 1. The largest absolute Gasteiger partial charge is 0.390 e. The van der Waals surface area contributed by atoms with Crippen LogP contribution in [0.2, 0.25) is 0 Å². The van der Waals surface area contributed by atoms with Crippen LogP contribution < -0.4 is 0 Å². The molecule has 2 nitrogen and oxygen atoms in total. The monoisotopic (exact) mass is 364 g/mol. The first-order valence-corrected chi connectivity index (χ1v) is 8.09. The molecule has 0 unspecified atom stereocenters. The summed E-state index contributed by atoms with van der Waals surface area (Å²) >= 11 is 3.45. The van der Waals surface area contributed by atoms with Crippen molar-refractivity contribution in [2.45, 2.75) is 6.61 Å². The molecule has 3 aromatic rings. The molecule has 3 rings (SSSR count). The molecule has 113 valence electrons. The van der Waals surface area contributed by atoms with Gasteiger partial charge in [0.25, 0.3) is 0 Å². The van der Waals surface area contributed by atoms with Gasteiger partial charge in [-0.15, -0.1) is 0 Å². The first-order valence-electron chi connectivity index (χ1n) is 7.30. The molecule has 0 saturated heterocycles. The van der Waals surface area contributed by atoms with E-state index in [9.17, 15) is 0 Å². The van der Waals surface area contributed by atoms with Gasteiger partial charge in [-0.1, -0.05) is 93.9 Å². The fourth-order valence-electron chi connectivity index (χ4n) is 2.16. The molecule has 0 aliphatic heterocycles. The molecule has 1 radical (unpaired) electrons. The Morgan fingerprint density at radius 3 is 2.17 bits per heavy atom. The van der Waals surface area contributed by atoms with Crippen LogP contribution in [0.25, 0.3) is 11.1 Å². The normalized spacial score (nSPS) is 10.8. The Balaban J connectivity index is 1.58. The summed E-state index contributed by atoms with van der Waals surface area (Å²) in [4.78, 5) is 5.32. The van der Waals surface area contributed by atoms with Gasteiger partial charge in [0.1, 0.15) is 12.8 Å². The summed E-state index contributed by atoms with van der Waals surface area (Å²) < 4.78 is 0.944. The van der Waals surface area contributed by atoms with E-state index in [0.29, 0.717) is 6.61 Å². The molecule has 0 N–H and O–H groups in total. The minimum atomic E-state index is 0.423. The van der Waals surface area contributed by atoms with Crippen molar-refractivity contribution < 1.29 is 4.84 Å². The van der Waals surface area contributed by atoms with Crippen molar-refractivity contribution in [2.24, 2.45) is 5.16 Å². The molecule has 0 bridgehead atoms. The van der Waals surface area contributed by atoms with Crippen molar-refractivity contribution >= 4 is 22.1 Å². The highest BCUT2D eigenvalue weighted by Crippen LogP contribution is 2.19. The molecule has 23 heavy (non-hydrogen) atoms. The lowest BCUT2D eigenvalue weighted by atomic mass is 10.0. The number of benzene rings is 3. The highest BCUT2D eigenvalue weighted by Gasteiger charge is 1.98. The van der Waals surface area contributed by atoms with Gasteiger partial charge >= 0.3 is 0 Å². The maximum Gasteiger partial charge on any atom is 0.142 e. The van der Waals surface area contributed by atoms with E-state index in [1.165, 1.54) is 11.1 Å². The Labute approximate surface area is 144 Å². The minimum Gasteiger partial charge on any atom is -0.390 e. The molecule has 0 heterocycles. The minimum absolute atomic E-state index is 0.423. The second-order valence-electron chi connectivity index (χ2n) is 5.02. The highest BCUT2D eigenvalue weighted by atomic mass is 79.9. The second-order valence-corrected chi connectivity index (χ2v) is 5.87. The third-order valence-corrected chi connectivity index (χ3v) is 4.09. The maximum atomic E-state index is 5.32. The summed E-state index contributed by atoms with van der Waals surface area (Å²) in [5, 5.41) is 3.90. The molecule has 0 atom stereocenters. The van der Waals surface area contributed by atoms with Crippen LogP contribution in [0.1, 0.15) is 11.1 Å². The van der Waals surface area contributed by atoms with Crippen molar-refractivity contribution in [3.05, 3.63) is 94.5 Å². The van der Waals surface area contributed by atoms with E-state index in [4.69, 9.17) is 4.84 Å². The van der Waals surface area contributed by atoms with Gasteiger partial charge in [-0.3, -0.25) is 0 Å². The SMILES string of the molecule is Brc1ccccc1/[C]=N\OCc1ccc(-c2ccccc2)cc1. The molecule has 3 heteroatoms. The summed E-state index contributed by atoms with van der Waals surface area (Å²) in [6.07, 6.45) is 2.88. The lowest BCUT2D eigenvalue weighted by Gasteiger charge is -2.04. The van der Waals surface area contributed by atoms with Gasteiger partial charge in [-0.25, -0.2) is 0 Å². The quantitative estimate of drug-likeness (QED) is 0.430. The molecule has 0 aromatic heterocycles. The molecular weight excluding hydrogens is 350 g/mol. The van der Waals surface area contributed by atoms with Gasteiger partial charge in [0.05, 0.1) is 0 Å². The summed E-state index contributed by atoms with van der Waals surface area (Å²) in [5.74, 6) is 0. The second kappa shape index (κ2) is 7.75. The molecule has 0 aliphatic carbocycles. The predicted octanol–water partition coefficient (Wildman–Crippen LogP) is 5.54. The average molecular weight is 365 g/mol. The van der Waals surface area contributed by atoms with E-state index in [0.717, 1.165) is 15.6 Å². The average Bonchev–Trinajstić information content (AvgIpc) is 2.61. The predicted molar refractivity (Wildman–Crippen MR) is 97.3 cm³/mol. The summed E-state index contributed by atoms with van der Waals surface area (Å²) in [6, 6.07) is 26.3. The van der Waals surface area contributed by atoms with Gasteiger partial charge < -0.3 is 4.84 Å². The van der Waals surface area contributed by atoms with Crippen LogP contribution in [-0.2, 0) is 11.4 Å². The molecular formula is C20H15BrNO. The van der Waals surface area contributed by atoms with E-state index in [-0.39, 0.29) is 0 Å². The summed E-state index contributed by atoms with van der Waals surface area (Å²) in [6.45, 7) is 0.423. The lowest BCUT2D eigenvalue weighted by Crippen LogP contribution is -1.89. The third kappa shape index (κ3) is 4.30. The number of hydrogen-bond donors (Lipinski definition) is 0. The van der Waals surface area contributed by atoms with Gasteiger partial charge in [-0.2, -0.15) is 0 Å². The first kappa shape index (κ1) is 15.5. The first-order chi connectivity index (χ1) is 11.3. The van der Waals surface area contributed by atoms with Crippen LogP contribution >= 0.6 is 15.9 Å². The van der Waals surface area contributed by atoms with Gasteiger partial charge in [-0.05, 0) is 22.8 Å². The van der Waals surface area contributed by atoms with E-state index in [1.807, 2.05) is 42.5 Å².